The van der Waals surface area contributed by atoms with E-state index in [0.29, 0.717) is 24.4 Å². The van der Waals surface area contributed by atoms with Gasteiger partial charge in [0.2, 0.25) is 20.0 Å². The fourth-order valence-corrected chi connectivity index (χ4v) is 7.28. The van der Waals surface area contributed by atoms with Crippen molar-refractivity contribution in [2.45, 2.75) is 30.1 Å². The van der Waals surface area contributed by atoms with Gasteiger partial charge in [-0.1, -0.05) is 64.8 Å². The zero-order valence-electron chi connectivity index (χ0n) is 19.5. The van der Waals surface area contributed by atoms with Crippen LogP contribution in [-0.2, 0) is 20.0 Å². The van der Waals surface area contributed by atoms with Crippen molar-refractivity contribution in [1.82, 2.24) is 8.61 Å². The first-order valence-electron chi connectivity index (χ1n) is 11.2. The van der Waals surface area contributed by atoms with E-state index in [1.54, 1.807) is 54.6 Å². The van der Waals surface area contributed by atoms with Crippen molar-refractivity contribution in [3.8, 4) is 0 Å². The van der Waals surface area contributed by atoms with Crippen molar-refractivity contribution in [3.63, 3.8) is 0 Å². The van der Waals surface area contributed by atoms with Crippen LogP contribution < -0.4 is 0 Å². The van der Waals surface area contributed by atoms with Gasteiger partial charge in [0, 0.05) is 26.2 Å². The lowest BCUT2D eigenvalue weighted by molar-refractivity contribution is 0.440. The molecule has 0 N–H and O–H groups in total. The highest BCUT2D eigenvalue weighted by atomic mass is 32.2. The van der Waals surface area contributed by atoms with Gasteiger partial charge in [0.05, 0.1) is 9.79 Å². The minimum Gasteiger partial charge on any atom is -0.207 e. The van der Waals surface area contributed by atoms with Crippen molar-refractivity contribution in [2.75, 3.05) is 26.2 Å². The van der Waals surface area contributed by atoms with Crippen LogP contribution in [0.3, 0.4) is 0 Å². The van der Waals surface area contributed by atoms with E-state index < -0.39 is 20.0 Å². The molecule has 0 spiro atoms. The molecule has 0 radical (unpaired) electrons. The molecule has 1 aliphatic heterocycles. The Kier molecular flexibility index (Phi) is 6.96. The van der Waals surface area contributed by atoms with Gasteiger partial charge in [-0.05, 0) is 50.5 Å². The van der Waals surface area contributed by atoms with Crippen molar-refractivity contribution >= 4 is 20.0 Å². The lowest BCUT2D eigenvalue weighted by Gasteiger charge is -2.25. The zero-order valence-corrected chi connectivity index (χ0v) is 21.1. The second-order valence-electron chi connectivity index (χ2n) is 8.98. The molecular formula is C26H30N2O4S2. The number of fused-ring (bicyclic) bond motifs is 1. The van der Waals surface area contributed by atoms with E-state index in [1.807, 2.05) is 26.0 Å². The Bertz CT molecular complexity index is 1340. The third-order valence-electron chi connectivity index (χ3n) is 6.38. The molecular weight excluding hydrogens is 468 g/mol. The van der Waals surface area contributed by atoms with Crippen LogP contribution in [0.25, 0.3) is 0 Å². The molecule has 1 atom stereocenters. The molecule has 1 saturated heterocycles. The quantitative estimate of drug-likeness (QED) is 0.515. The molecule has 1 heterocycles. The average Bonchev–Trinajstić information content (AvgIpc) is 3.24. The van der Waals surface area contributed by atoms with E-state index in [9.17, 15) is 16.8 Å². The molecule has 2 aromatic carbocycles. The molecule has 6 nitrogen and oxygen atoms in total. The molecule has 8 heteroatoms. The highest BCUT2D eigenvalue weighted by molar-refractivity contribution is 7.89. The minimum atomic E-state index is -3.68. The number of benzene rings is 2. The second kappa shape index (κ2) is 9.62. The smallest absolute Gasteiger partial charge is 0.207 e. The van der Waals surface area contributed by atoms with Crippen LogP contribution in [0, 0.1) is 19.8 Å². The third-order valence-corrected chi connectivity index (χ3v) is 10.0. The van der Waals surface area contributed by atoms with Crippen LogP contribution in [0.2, 0.25) is 0 Å². The van der Waals surface area contributed by atoms with Gasteiger partial charge in [0.1, 0.15) is 0 Å². The van der Waals surface area contributed by atoms with E-state index in [1.165, 1.54) is 8.61 Å². The summed E-state index contributed by atoms with van der Waals surface area (Å²) in [4.78, 5) is 0.552. The Labute approximate surface area is 203 Å². The maximum absolute atomic E-state index is 13.2. The summed E-state index contributed by atoms with van der Waals surface area (Å²) in [5.41, 5.74) is 4.03. The maximum Gasteiger partial charge on any atom is 0.243 e. The number of sulfonamides is 2. The molecule has 0 bridgehead atoms. The topological polar surface area (TPSA) is 74.8 Å². The third kappa shape index (κ3) is 4.95. The van der Waals surface area contributed by atoms with Gasteiger partial charge in [-0.3, -0.25) is 0 Å². The Hall–Kier alpha value is -2.52. The summed E-state index contributed by atoms with van der Waals surface area (Å²) in [6, 6.07) is 13.7. The van der Waals surface area contributed by atoms with Gasteiger partial charge in [0.25, 0.3) is 0 Å². The molecule has 4 rings (SSSR count). The highest BCUT2D eigenvalue weighted by Gasteiger charge is 2.37. The molecule has 180 valence electrons. The summed E-state index contributed by atoms with van der Waals surface area (Å²) in [7, 11) is -7.26. The molecule has 0 amide bonds. The number of allylic oxidation sites excluding steroid dienone is 2. The second-order valence-corrected chi connectivity index (χ2v) is 12.9. The van der Waals surface area contributed by atoms with Gasteiger partial charge >= 0.3 is 0 Å². The first-order chi connectivity index (χ1) is 16.1. The molecule has 1 fully saturated rings. The van der Waals surface area contributed by atoms with Crippen LogP contribution >= 0.6 is 0 Å². The maximum atomic E-state index is 13.2. The molecule has 2 aliphatic rings. The standard InChI is InChI=1S/C26H30N2O4S2/c1-4-15-27(33(29,30)25-11-5-20(2)6-12-25)17-22-9-10-23-18-28(19-24(23)16-22)34(31,32)26-13-7-21(3)8-14-26/h4-14,24H,1,15-19H2,2-3H3. The van der Waals surface area contributed by atoms with Crippen LogP contribution in [-0.4, -0.2) is 51.6 Å². The zero-order chi connectivity index (χ0) is 24.5. The predicted molar refractivity (Wildman–Crippen MR) is 134 cm³/mol. The van der Waals surface area contributed by atoms with Gasteiger partial charge in [-0.2, -0.15) is 8.61 Å². The largest absolute Gasteiger partial charge is 0.243 e. The molecule has 34 heavy (non-hydrogen) atoms. The summed E-state index contributed by atoms with van der Waals surface area (Å²) in [5.74, 6) is 0.0490. The number of aryl methyl sites for hydroxylation is 2. The van der Waals surface area contributed by atoms with E-state index in [-0.39, 0.29) is 23.9 Å². The number of hydrogen-bond donors (Lipinski definition) is 0. The summed E-state index contributed by atoms with van der Waals surface area (Å²) in [5, 5.41) is 0. The average molecular weight is 499 g/mol. The Balaban J connectivity index is 1.49. The van der Waals surface area contributed by atoms with Crippen molar-refractivity contribution in [1.29, 1.82) is 0 Å². The van der Waals surface area contributed by atoms with Crippen molar-refractivity contribution in [2.24, 2.45) is 5.92 Å². The van der Waals surface area contributed by atoms with Gasteiger partial charge in [-0.25, -0.2) is 16.8 Å². The van der Waals surface area contributed by atoms with Gasteiger partial charge in [-0.15, -0.1) is 6.58 Å². The van der Waals surface area contributed by atoms with E-state index >= 15 is 0 Å². The normalized spacial score (nSPS) is 19.0. The molecule has 2 aromatic rings. The SMILES string of the molecule is C=CCN(CC1=CC=C2CN(S(=O)(=O)c3ccc(C)cc3)CC2C1)S(=O)(=O)c1ccc(C)cc1. The van der Waals surface area contributed by atoms with Crippen molar-refractivity contribution < 1.29 is 16.8 Å². The minimum absolute atomic E-state index is 0.0490. The summed E-state index contributed by atoms with van der Waals surface area (Å²) in [6.07, 6.45) is 6.11. The summed E-state index contributed by atoms with van der Waals surface area (Å²) >= 11 is 0. The van der Waals surface area contributed by atoms with E-state index in [4.69, 9.17) is 0 Å². The van der Waals surface area contributed by atoms with Crippen LogP contribution in [0.4, 0.5) is 0 Å². The van der Waals surface area contributed by atoms with Gasteiger partial charge in [0.15, 0.2) is 0 Å². The number of nitrogens with zero attached hydrogens (tertiary/aromatic N) is 2. The molecule has 1 aliphatic carbocycles. The first-order valence-corrected chi connectivity index (χ1v) is 14.1. The number of rotatable bonds is 8. The molecule has 1 unspecified atom stereocenters. The molecule has 0 saturated carbocycles. The monoisotopic (exact) mass is 498 g/mol. The lowest BCUT2D eigenvalue weighted by Crippen LogP contribution is -2.34. The van der Waals surface area contributed by atoms with Gasteiger partial charge < -0.3 is 0 Å². The Morgan fingerprint density at radius 1 is 0.941 bits per heavy atom. The Morgan fingerprint density at radius 3 is 2.12 bits per heavy atom. The fraction of sp³-hybridized carbons (Fsp3) is 0.308. The number of hydrogen-bond acceptors (Lipinski definition) is 4. The fourth-order valence-electron chi connectivity index (χ4n) is 4.39. The first kappa shape index (κ1) is 24.6. The van der Waals surface area contributed by atoms with Crippen LogP contribution in [0.15, 0.2) is 94.3 Å². The van der Waals surface area contributed by atoms with E-state index in [0.717, 1.165) is 22.3 Å². The van der Waals surface area contributed by atoms with Crippen molar-refractivity contribution in [3.05, 3.63) is 95.6 Å². The summed E-state index contributed by atoms with van der Waals surface area (Å²) in [6.45, 7) is 8.77. The van der Waals surface area contributed by atoms with Crippen LogP contribution in [0.5, 0.6) is 0 Å². The highest BCUT2D eigenvalue weighted by Crippen LogP contribution is 2.35. The van der Waals surface area contributed by atoms with E-state index in [2.05, 4.69) is 6.58 Å². The van der Waals surface area contributed by atoms with Crippen LogP contribution in [0.1, 0.15) is 17.5 Å². The summed E-state index contributed by atoms with van der Waals surface area (Å²) < 4.78 is 55.7. The lowest BCUT2D eigenvalue weighted by atomic mass is 9.89. The predicted octanol–water partition coefficient (Wildman–Crippen LogP) is 4.06. The Morgan fingerprint density at radius 2 is 1.53 bits per heavy atom. The molecule has 0 aromatic heterocycles.